The van der Waals surface area contributed by atoms with Crippen LogP contribution in [0.5, 0.6) is 5.75 Å². The van der Waals surface area contributed by atoms with Crippen molar-refractivity contribution in [2.24, 2.45) is 0 Å². The van der Waals surface area contributed by atoms with Gasteiger partial charge in [-0.05, 0) is 86.3 Å². The predicted octanol–water partition coefficient (Wildman–Crippen LogP) is 6.18. The van der Waals surface area contributed by atoms with E-state index in [4.69, 9.17) is 4.74 Å². The fourth-order valence-electron chi connectivity index (χ4n) is 5.06. The first kappa shape index (κ1) is 26.0. The molecule has 38 heavy (non-hydrogen) atoms. The topological polar surface area (TPSA) is 53.6 Å². The molecule has 0 spiro atoms. The molecule has 0 saturated carbocycles. The fourth-order valence-corrected chi connectivity index (χ4v) is 5.06. The van der Waals surface area contributed by atoms with E-state index < -0.39 is 29.0 Å². The van der Waals surface area contributed by atoms with Crippen LogP contribution in [-0.4, -0.2) is 31.6 Å². The summed E-state index contributed by atoms with van der Waals surface area (Å²) in [5, 5.41) is 6.06. The highest BCUT2D eigenvalue weighted by Gasteiger charge is 2.32. The lowest BCUT2D eigenvalue weighted by Gasteiger charge is -2.33. The van der Waals surface area contributed by atoms with Crippen LogP contribution in [0.1, 0.15) is 46.3 Å². The maximum absolute atomic E-state index is 14.4. The number of nitrogens with zero attached hydrogens (tertiary/aromatic N) is 1. The van der Waals surface area contributed by atoms with Gasteiger partial charge in [-0.2, -0.15) is 13.2 Å². The molecule has 0 aliphatic carbocycles. The Hall–Kier alpha value is -3.59. The number of halogens is 4. The molecule has 2 N–H and O–H groups in total. The molecule has 0 radical (unpaired) electrons. The zero-order valence-corrected chi connectivity index (χ0v) is 20.8. The van der Waals surface area contributed by atoms with E-state index in [2.05, 4.69) is 15.5 Å². The number of hydrogen-bond acceptors (Lipinski definition) is 4. The summed E-state index contributed by atoms with van der Waals surface area (Å²) in [7, 11) is 0. The summed E-state index contributed by atoms with van der Waals surface area (Å²) in [5.41, 5.74) is 1.88. The largest absolute Gasteiger partial charge is 0.490 e. The van der Waals surface area contributed by atoms with E-state index in [1.54, 1.807) is 6.07 Å². The number of carbonyl (C=O) groups is 1. The molecule has 3 aromatic carbocycles. The number of benzene rings is 3. The third kappa shape index (κ3) is 5.93. The van der Waals surface area contributed by atoms with E-state index in [1.165, 1.54) is 0 Å². The standard InChI is InChI=1S/C29H29F4N3O2/c30-25-17-21(29(31,32)33)8-11-24(25)28(37)35-26-5-1-3-20-4-2-16-36(27(20)26)18-19-6-9-22(10-7-19)38-23-12-14-34-15-13-23/h1,3,5-11,17,23,34H,2,4,12-16,18H2,(H,35,37). The average molecular weight is 528 g/mol. The SMILES string of the molecule is O=C(Nc1cccc2c1N(Cc1ccc(OC3CCNCC3)cc1)CCC2)c1ccc(C(F)(F)F)cc1F. The van der Waals surface area contributed by atoms with Crippen LogP contribution < -0.4 is 20.3 Å². The van der Waals surface area contributed by atoms with Crippen LogP contribution in [0.4, 0.5) is 28.9 Å². The highest BCUT2D eigenvalue weighted by atomic mass is 19.4. The van der Waals surface area contributed by atoms with Gasteiger partial charge in [0, 0.05) is 13.1 Å². The number of nitrogens with one attached hydrogen (secondary N) is 2. The van der Waals surface area contributed by atoms with Crippen molar-refractivity contribution in [3.63, 3.8) is 0 Å². The molecule has 2 heterocycles. The minimum absolute atomic E-state index is 0.219. The Bertz CT molecular complexity index is 1290. The Labute approximate surface area is 218 Å². The van der Waals surface area contributed by atoms with Gasteiger partial charge in [0.1, 0.15) is 17.7 Å². The molecule has 2 aliphatic heterocycles. The van der Waals surface area contributed by atoms with Gasteiger partial charge in [0.25, 0.3) is 5.91 Å². The highest BCUT2D eigenvalue weighted by Crippen LogP contribution is 2.36. The first-order chi connectivity index (χ1) is 18.3. The van der Waals surface area contributed by atoms with Crippen LogP contribution in [0.15, 0.2) is 60.7 Å². The zero-order valence-electron chi connectivity index (χ0n) is 20.8. The second-order valence-electron chi connectivity index (χ2n) is 9.70. The summed E-state index contributed by atoms with van der Waals surface area (Å²) in [5.74, 6) is -1.17. The van der Waals surface area contributed by atoms with Gasteiger partial charge in [0.15, 0.2) is 0 Å². The summed E-state index contributed by atoms with van der Waals surface area (Å²) in [6, 6.07) is 15.5. The average Bonchev–Trinajstić information content (AvgIpc) is 2.90. The molecule has 3 aromatic rings. The lowest BCUT2D eigenvalue weighted by atomic mass is 9.99. The summed E-state index contributed by atoms with van der Waals surface area (Å²) in [6.45, 7) is 3.28. The van der Waals surface area contributed by atoms with E-state index in [9.17, 15) is 22.4 Å². The Morgan fingerprint density at radius 2 is 1.82 bits per heavy atom. The van der Waals surface area contributed by atoms with Crippen LogP contribution in [0.2, 0.25) is 0 Å². The van der Waals surface area contributed by atoms with Gasteiger partial charge in [-0.15, -0.1) is 0 Å². The van der Waals surface area contributed by atoms with Gasteiger partial charge in [-0.3, -0.25) is 4.79 Å². The molecule has 1 saturated heterocycles. The Kier molecular flexibility index (Phi) is 7.56. The smallest absolute Gasteiger partial charge is 0.416 e. The van der Waals surface area contributed by atoms with Crippen molar-refractivity contribution < 1.29 is 27.1 Å². The van der Waals surface area contributed by atoms with Crippen LogP contribution >= 0.6 is 0 Å². The molecule has 0 bridgehead atoms. The summed E-state index contributed by atoms with van der Waals surface area (Å²) in [6.07, 6.45) is -0.736. The molecule has 0 unspecified atom stereocenters. The third-order valence-electron chi connectivity index (χ3n) is 6.98. The molecule has 1 amide bonds. The van der Waals surface area contributed by atoms with Gasteiger partial charge in [0.2, 0.25) is 0 Å². The molecule has 2 aliphatic rings. The number of hydrogen-bond donors (Lipinski definition) is 2. The van der Waals surface area contributed by atoms with Gasteiger partial charge in [0.05, 0.1) is 22.5 Å². The second kappa shape index (κ2) is 11.0. The highest BCUT2D eigenvalue weighted by molar-refractivity contribution is 6.06. The Balaban J connectivity index is 1.32. The molecular weight excluding hydrogens is 498 g/mol. The van der Waals surface area contributed by atoms with Gasteiger partial charge < -0.3 is 20.3 Å². The Morgan fingerprint density at radius 1 is 1.05 bits per heavy atom. The number of rotatable bonds is 6. The van der Waals surface area contributed by atoms with Crippen LogP contribution in [0.3, 0.4) is 0 Å². The summed E-state index contributed by atoms with van der Waals surface area (Å²) in [4.78, 5) is 15.0. The van der Waals surface area contributed by atoms with Crippen molar-refractivity contribution in [2.45, 2.75) is 44.5 Å². The van der Waals surface area contributed by atoms with Crippen LogP contribution in [-0.2, 0) is 19.1 Å². The molecule has 5 nitrogen and oxygen atoms in total. The predicted molar refractivity (Wildman–Crippen MR) is 138 cm³/mol. The number of aryl methyl sites for hydroxylation is 1. The van der Waals surface area contributed by atoms with Crippen molar-refractivity contribution in [1.82, 2.24) is 5.32 Å². The number of fused-ring (bicyclic) bond motifs is 1. The quantitative estimate of drug-likeness (QED) is 0.376. The fraction of sp³-hybridized carbons (Fsp3) is 0.345. The molecule has 0 atom stereocenters. The second-order valence-corrected chi connectivity index (χ2v) is 9.70. The minimum Gasteiger partial charge on any atom is -0.490 e. The number of alkyl halides is 3. The molecule has 200 valence electrons. The van der Waals surface area contributed by atoms with E-state index in [0.717, 1.165) is 73.9 Å². The molecular formula is C29H29F4N3O2. The van der Waals surface area contributed by atoms with E-state index in [0.29, 0.717) is 24.4 Å². The Morgan fingerprint density at radius 3 is 2.53 bits per heavy atom. The lowest BCUT2D eigenvalue weighted by molar-refractivity contribution is -0.137. The normalized spacial score (nSPS) is 16.2. The van der Waals surface area contributed by atoms with Crippen molar-refractivity contribution >= 4 is 17.3 Å². The minimum atomic E-state index is -4.69. The van der Waals surface area contributed by atoms with Crippen molar-refractivity contribution in [3.05, 3.63) is 88.7 Å². The first-order valence-corrected chi connectivity index (χ1v) is 12.8. The number of amides is 1. The van der Waals surface area contributed by atoms with Crippen molar-refractivity contribution in [3.8, 4) is 5.75 Å². The number of ether oxygens (including phenoxy) is 1. The van der Waals surface area contributed by atoms with Gasteiger partial charge >= 0.3 is 6.18 Å². The number of carbonyl (C=O) groups excluding carboxylic acids is 1. The van der Waals surface area contributed by atoms with Gasteiger partial charge in [-0.1, -0.05) is 24.3 Å². The maximum atomic E-state index is 14.4. The van der Waals surface area contributed by atoms with E-state index >= 15 is 0 Å². The maximum Gasteiger partial charge on any atom is 0.416 e. The van der Waals surface area contributed by atoms with Gasteiger partial charge in [-0.25, -0.2) is 4.39 Å². The van der Waals surface area contributed by atoms with Crippen molar-refractivity contribution in [1.29, 1.82) is 0 Å². The number of piperidine rings is 1. The molecule has 0 aromatic heterocycles. The first-order valence-electron chi connectivity index (χ1n) is 12.8. The third-order valence-corrected chi connectivity index (χ3v) is 6.98. The van der Waals surface area contributed by atoms with E-state index in [-0.39, 0.29) is 6.10 Å². The summed E-state index contributed by atoms with van der Waals surface area (Å²) < 4.78 is 59.2. The monoisotopic (exact) mass is 527 g/mol. The number of para-hydroxylation sites is 1. The zero-order chi connectivity index (χ0) is 26.7. The summed E-state index contributed by atoms with van der Waals surface area (Å²) >= 11 is 0. The molecule has 1 fully saturated rings. The number of anilines is 2. The van der Waals surface area contributed by atoms with Crippen LogP contribution in [0.25, 0.3) is 0 Å². The molecule has 9 heteroatoms. The molecule has 5 rings (SSSR count). The lowest BCUT2D eigenvalue weighted by Crippen LogP contribution is -2.34. The van der Waals surface area contributed by atoms with E-state index in [1.807, 2.05) is 36.4 Å². The van der Waals surface area contributed by atoms with Crippen LogP contribution in [0, 0.1) is 5.82 Å². The van der Waals surface area contributed by atoms with Crippen molar-refractivity contribution in [2.75, 3.05) is 29.9 Å².